The van der Waals surface area contributed by atoms with E-state index in [2.05, 4.69) is 202 Å². The standard InChI is InChI=1S/C55H51N/c1-4-43-36-53-54(43,6-3)37-44(5-2)55(53)50-25-17-16-24-47(50)49-35-41(28-32-51(49)55)39-26-30-46(31-27-39)56(45-22-14-9-15-23-45)52-33-29-42(38-18-10-7-11-19-38)34-48(52)40-20-12-8-13-21-40/h7-35,43-44,53H,4-6,36-37H2,1-3H3. The molecule has 5 atom stereocenters. The van der Waals surface area contributed by atoms with Crippen molar-refractivity contribution in [1.29, 1.82) is 0 Å². The largest absolute Gasteiger partial charge is 0.310 e. The molecule has 0 amide bonds. The van der Waals surface area contributed by atoms with E-state index in [1.807, 2.05) is 0 Å². The summed E-state index contributed by atoms with van der Waals surface area (Å²) in [4.78, 5) is 2.41. The van der Waals surface area contributed by atoms with E-state index in [9.17, 15) is 0 Å². The first kappa shape index (κ1) is 34.8. The number of hydrogen-bond acceptors (Lipinski definition) is 1. The summed E-state index contributed by atoms with van der Waals surface area (Å²) < 4.78 is 0. The van der Waals surface area contributed by atoms with Gasteiger partial charge in [-0.25, -0.2) is 0 Å². The number of rotatable bonds is 9. The maximum absolute atomic E-state index is 2.54. The van der Waals surface area contributed by atoms with Crippen LogP contribution in [0.15, 0.2) is 176 Å². The molecule has 0 radical (unpaired) electrons. The van der Waals surface area contributed by atoms with Crippen molar-refractivity contribution in [3.05, 3.63) is 187 Å². The Morgan fingerprint density at radius 3 is 1.68 bits per heavy atom. The normalized spacial score (nSPS) is 22.9. The first-order chi connectivity index (χ1) is 27.6. The van der Waals surface area contributed by atoms with Gasteiger partial charge in [-0.1, -0.05) is 167 Å². The number of hydrogen-bond donors (Lipinski definition) is 0. The molecule has 1 spiro atoms. The first-order valence-corrected chi connectivity index (χ1v) is 21.1. The fraction of sp³-hybridized carbons (Fsp3) is 0.236. The van der Waals surface area contributed by atoms with Gasteiger partial charge >= 0.3 is 0 Å². The van der Waals surface area contributed by atoms with Crippen molar-refractivity contribution in [3.8, 4) is 44.5 Å². The first-order valence-electron chi connectivity index (χ1n) is 21.1. The average Bonchev–Trinajstić information content (AvgIpc) is 3.67. The highest BCUT2D eigenvalue weighted by Gasteiger charge is 2.70. The van der Waals surface area contributed by atoms with Crippen LogP contribution < -0.4 is 4.90 Å². The minimum absolute atomic E-state index is 0.132. The van der Waals surface area contributed by atoms with E-state index in [0.717, 1.165) is 28.9 Å². The minimum Gasteiger partial charge on any atom is -0.310 e. The summed E-state index contributed by atoms with van der Waals surface area (Å²) in [6.07, 6.45) is 6.61. The van der Waals surface area contributed by atoms with Crippen molar-refractivity contribution in [2.75, 3.05) is 4.90 Å². The van der Waals surface area contributed by atoms with Crippen LogP contribution in [0.4, 0.5) is 17.1 Å². The van der Waals surface area contributed by atoms with Crippen LogP contribution in [0.25, 0.3) is 44.5 Å². The van der Waals surface area contributed by atoms with Crippen LogP contribution in [0.5, 0.6) is 0 Å². The average molecular weight is 726 g/mol. The Morgan fingerprint density at radius 1 is 0.464 bits per heavy atom. The molecule has 0 bridgehead atoms. The van der Waals surface area contributed by atoms with Gasteiger partial charge in [-0.2, -0.15) is 0 Å². The Bertz CT molecular complexity index is 2500. The van der Waals surface area contributed by atoms with Gasteiger partial charge in [-0.05, 0) is 135 Å². The number of benzene rings is 7. The lowest BCUT2D eigenvalue weighted by Gasteiger charge is -2.57. The summed E-state index contributed by atoms with van der Waals surface area (Å²) in [7, 11) is 0. The molecule has 0 aliphatic heterocycles. The molecule has 1 nitrogen and oxygen atoms in total. The van der Waals surface area contributed by atoms with Crippen molar-refractivity contribution in [1.82, 2.24) is 0 Å². The van der Waals surface area contributed by atoms with E-state index in [-0.39, 0.29) is 5.41 Å². The van der Waals surface area contributed by atoms with Gasteiger partial charge in [0.2, 0.25) is 0 Å². The minimum atomic E-state index is 0.132. The molecule has 56 heavy (non-hydrogen) atoms. The summed E-state index contributed by atoms with van der Waals surface area (Å²) in [5.41, 5.74) is 17.5. The molecule has 0 N–H and O–H groups in total. The molecule has 0 heterocycles. The Balaban J connectivity index is 1.06. The maximum Gasteiger partial charge on any atom is 0.0540 e. The summed E-state index contributed by atoms with van der Waals surface area (Å²) in [5.74, 6) is 2.28. The zero-order valence-electron chi connectivity index (χ0n) is 33.0. The molecule has 10 rings (SSSR count). The maximum atomic E-state index is 2.54. The van der Waals surface area contributed by atoms with Crippen molar-refractivity contribution < 1.29 is 0 Å². The van der Waals surface area contributed by atoms with Crippen molar-refractivity contribution >= 4 is 17.1 Å². The lowest BCUT2D eigenvalue weighted by molar-refractivity contribution is -0.0522. The van der Waals surface area contributed by atoms with Gasteiger partial charge < -0.3 is 4.90 Å². The van der Waals surface area contributed by atoms with Crippen molar-refractivity contribution in [3.63, 3.8) is 0 Å². The zero-order valence-corrected chi connectivity index (χ0v) is 33.0. The molecule has 5 unspecified atom stereocenters. The van der Waals surface area contributed by atoms with Crippen LogP contribution in [0.3, 0.4) is 0 Å². The monoisotopic (exact) mass is 725 g/mol. The predicted octanol–water partition coefficient (Wildman–Crippen LogP) is 15.3. The van der Waals surface area contributed by atoms with Crippen LogP contribution in [-0.4, -0.2) is 0 Å². The number of anilines is 3. The van der Waals surface area contributed by atoms with Gasteiger partial charge in [-0.3, -0.25) is 0 Å². The quantitative estimate of drug-likeness (QED) is 0.143. The van der Waals surface area contributed by atoms with Crippen LogP contribution in [0.1, 0.15) is 64.0 Å². The van der Waals surface area contributed by atoms with E-state index in [0.29, 0.717) is 11.3 Å². The Kier molecular flexibility index (Phi) is 8.59. The Labute approximate surface area is 333 Å². The van der Waals surface area contributed by atoms with E-state index in [1.165, 1.54) is 76.6 Å². The molecule has 1 heteroatoms. The molecular weight excluding hydrogens is 675 g/mol. The van der Waals surface area contributed by atoms with Gasteiger partial charge in [0.1, 0.15) is 0 Å². The molecule has 0 aromatic heterocycles. The van der Waals surface area contributed by atoms with Gasteiger partial charge in [0, 0.05) is 22.4 Å². The molecule has 3 aliphatic carbocycles. The molecular formula is C55H51N. The van der Waals surface area contributed by atoms with Crippen molar-refractivity contribution in [2.45, 2.75) is 58.3 Å². The van der Waals surface area contributed by atoms with E-state index in [1.54, 1.807) is 11.1 Å². The summed E-state index contributed by atoms with van der Waals surface area (Å²) in [6.45, 7) is 7.37. The second-order valence-electron chi connectivity index (χ2n) is 16.6. The van der Waals surface area contributed by atoms with Gasteiger partial charge in [0.15, 0.2) is 0 Å². The molecule has 7 aromatic carbocycles. The number of nitrogens with zero attached hydrogens (tertiary/aromatic N) is 1. The summed E-state index contributed by atoms with van der Waals surface area (Å²) in [5, 5.41) is 0. The Hall–Kier alpha value is -5.66. The predicted molar refractivity (Wildman–Crippen MR) is 237 cm³/mol. The molecule has 2 fully saturated rings. The molecule has 3 aliphatic rings. The molecule has 2 saturated carbocycles. The molecule has 276 valence electrons. The molecule has 0 saturated heterocycles. The highest BCUT2D eigenvalue weighted by Crippen LogP contribution is 2.77. The van der Waals surface area contributed by atoms with Crippen LogP contribution in [-0.2, 0) is 5.41 Å². The molecule has 7 aromatic rings. The lowest BCUT2D eigenvalue weighted by Crippen LogP contribution is -2.52. The lowest BCUT2D eigenvalue weighted by atomic mass is 9.47. The van der Waals surface area contributed by atoms with Crippen LogP contribution >= 0.6 is 0 Å². The van der Waals surface area contributed by atoms with Gasteiger partial charge in [0.25, 0.3) is 0 Å². The second kappa shape index (κ2) is 13.8. The van der Waals surface area contributed by atoms with E-state index >= 15 is 0 Å². The van der Waals surface area contributed by atoms with E-state index in [4.69, 9.17) is 0 Å². The highest BCUT2D eigenvalue weighted by molar-refractivity contribution is 5.91. The third-order valence-electron chi connectivity index (χ3n) is 14.5. The third-order valence-corrected chi connectivity index (χ3v) is 14.5. The van der Waals surface area contributed by atoms with Gasteiger partial charge in [0.05, 0.1) is 5.69 Å². The number of fused-ring (bicyclic) bond motifs is 7. The second-order valence-corrected chi connectivity index (χ2v) is 16.6. The fourth-order valence-corrected chi connectivity index (χ4v) is 12.0. The Morgan fingerprint density at radius 2 is 1.00 bits per heavy atom. The van der Waals surface area contributed by atoms with Gasteiger partial charge in [-0.15, -0.1) is 0 Å². The fourth-order valence-electron chi connectivity index (χ4n) is 12.0. The summed E-state index contributed by atoms with van der Waals surface area (Å²) in [6, 6.07) is 65.5. The highest BCUT2D eigenvalue weighted by atomic mass is 15.1. The van der Waals surface area contributed by atoms with Crippen molar-refractivity contribution in [2.24, 2.45) is 23.2 Å². The summed E-state index contributed by atoms with van der Waals surface area (Å²) >= 11 is 0. The van der Waals surface area contributed by atoms with E-state index < -0.39 is 0 Å². The topological polar surface area (TPSA) is 3.24 Å². The van der Waals surface area contributed by atoms with Crippen LogP contribution in [0, 0.1) is 23.2 Å². The SMILES string of the molecule is CCC1CC2C1(CC)CC(CC)C21c2ccccc2-c2cc(-c3ccc(N(c4ccccc4)c4ccc(-c5ccccc5)cc4-c4ccccc4)cc3)ccc21. The number of para-hydroxylation sites is 1. The van der Waals surface area contributed by atoms with Crippen LogP contribution in [0.2, 0.25) is 0 Å². The zero-order chi connectivity index (χ0) is 37.9. The third kappa shape index (κ3) is 5.13. The smallest absolute Gasteiger partial charge is 0.0540 e.